The minimum Gasteiger partial charge on any atom is -0.492 e. The molecule has 1 aromatic carbocycles. The van der Waals surface area contributed by atoms with Crippen molar-refractivity contribution in [3.8, 4) is 5.75 Å². The van der Waals surface area contributed by atoms with Crippen LogP contribution in [0.2, 0.25) is 5.02 Å². The quantitative estimate of drug-likeness (QED) is 0.418. The summed E-state index contributed by atoms with van der Waals surface area (Å²) in [6.45, 7) is 2.93. The second-order valence-electron chi connectivity index (χ2n) is 5.27. The van der Waals surface area contributed by atoms with Crippen molar-refractivity contribution in [3.05, 3.63) is 29.3 Å². The topological polar surface area (TPSA) is 79.8 Å². The van der Waals surface area contributed by atoms with Gasteiger partial charge in [0.05, 0.1) is 12.3 Å². The SMILES string of the molecule is CN=C(NCCOc1cccc(Cl)c1)NC(C)CCS(C)(=O)=O. The van der Waals surface area contributed by atoms with Crippen LogP contribution in [0.15, 0.2) is 29.3 Å². The summed E-state index contributed by atoms with van der Waals surface area (Å²) in [6, 6.07) is 7.21. The van der Waals surface area contributed by atoms with Gasteiger partial charge in [-0.05, 0) is 31.5 Å². The van der Waals surface area contributed by atoms with E-state index in [4.69, 9.17) is 16.3 Å². The molecule has 8 heteroatoms. The maximum absolute atomic E-state index is 11.2. The Kier molecular flexibility index (Phi) is 8.19. The van der Waals surface area contributed by atoms with Crippen LogP contribution in [-0.2, 0) is 9.84 Å². The molecule has 130 valence electrons. The lowest BCUT2D eigenvalue weighted by molar-refractivity contribution is 0.321. The molecule has 23 heavy (non-hydrogen) atoms. The van der Waals surface area contributed by atoms with E-state index in [1.807, 2.05) is 19.1 Å². The predicted octanol–water partition coefficient (Wildman–Crippen LogP) is 1.71. The van der Waals surface area contributed by atoms with Crippen LogP contribution in [0, 0.1) is 0 Å². The van der Waals surface area contributed by atoms with Crippen LogP contribution in [-0.4, -0.2) is 52.6 Å². The Morgan fingerprint density at radius 1 is 1.43 bits per heavy atom. The molecule has 0 aromatic heterocycles. The number of ether oxygens (including phenoxy) is 1. The number of guanidine groups is 1. The first-order valence-corrected chi connectivity index (χ1v) is 9.77. The summed E-state index contributed by atoms with van der Waals surface area (Å²) in [5.74, 6) is 1.47. The highest BCUT2D eigenvalue weighted by Crippen LogP contribution is 2.16. The van der Waals surface area contributed by atoms with Crippen molar-refractivity contribution in [1.29, 1.82) is 0 Å². The van der Waals surface area contributed by atoms with Gasteiger partial charge in [0.1, 0.15) is 22.2 Å². The molecule has 0 aliphatic rings. The highest BCUT2D eigenvalue weighted by Gasteiger charge is 2.09. The number of sulfone groups is 1. The second kappa shape index (κ2) is 9.62. The fraction of sp³-hybridized carbons (Fsp3) is 0.533. The third-order valence-corrected chi connectivity index (χ3v) is 4.20. The van der Waals surface area contributed by atoms with Gasteiger partial charge >= 0.3 is 0 Å². The van der Waals surface area contributed by atoms with Gasteiger partial charge in [0.25, 0.3) is 0 Å². The van der Waals surface area contributed by atoms with Crippen LogP contribution in [0.1, 0.15) is 13.3 Å². The lowest BCUT2D eigenvalue weighted by Crippen LogP contribution is -2.44. The molecule has 1 unspecified atom stereocenters. The van der Waals surface area contributed by atoms with E-state index in [2.05, 4.69) is 15.6 Å². The lowest BCUT2D eigenvalue weighted by Gasteiger charge is -2.17. The zero-order valence-electron chi connectivity index (χ0n) is 13.7. The molecule has 0 heterocycles. The standard InChI is InChI=1S/C15H24ClN3O3S/c1-12(7-10-23(3,20)21)19-15(17-2)18-8-9-22-14-6-4-5-13(16)11-14/h4-6,11-12H,7-10H2,1-3H3,(H2,17,18,19). The minimum atomic E-state index is -2.95. The number of nitrogens with one attached hydrogen (secondary N) is 2. The number of halogens is 1. The maximum atomic E-state index is 11.2. The van der Waals surface area contributed by atoms with Crippen LogP contribution < -0.4 is 15.4 Å². The molecule has 1 atom stereocenters. The van der Waals surface area contributed by atoms with Crippen LogP contribution in [0.25, 0.3) is 0 Å². The third kappa shape index (κ3) is 9.30. The van der Waals surface area contributed by atoms with Crippen molar-refractivity contribution < 1.29 is 13.2 Å². The van der Waals surface area contributed by atoms with E-state index in [1.54, 1.807) is 19.2 Å². The van der Waals surface area contributed by atoms with E-state index in [9.17, 15) is 8.42 Å². The van der Waals surface area contributed by atoms with Gasteiger partial charge in [0.2, 0.25) is 0 Å². The lowest BCUT2D eigenvalue weighted by atomic mass is 10.3. The third-order valence-electron chi connectivity index (χ3n) is 2.99. The molecule has 6 nitrogen and oxygen atoms in total. The molecule has 0 spiro atoms. The van der Waals surface area contributed by atoms with Crippen LogP contribution in [0.5, 0.6) is 5.75 Å². The first-order chi connectivity index (χ1) is 10.8. The summed E-state index contributed by atoms with van der Waals surface area (Å²) in [5.41, 5.74) is 0. The minimum absolute atomic E-state index is 0.00442. The monoisotopic (exact) mass is 361 g/mol. The van der Waals surface area contributed by atoms with Gasteiger partial charge in [-0.3, -0.25) is 4.99 Å². The van der Waals surface area contributed by atoms with E-state index in [0.717, 1.165) is 0 Å². The Morgan fingerprint density at radius 3 is 2.78 bits per heavy atom. The number of aliphatic imine (C=N–C) groups is 1. The Hall–Kier alpha value is -1.47. The van der Waals surface area contributed by atoms with Gasteiger partial charge < -0.3 is 15.4 Å². The average molecular weight is 362 g/mol. The molecular formula is C15H24ClN3O3S. The van der Waals surface area contributed by atoms with E-state index in [1.165, 1.54) is 6.26 Å². The summed E-state index contributed by atoms with van der Waals surface area (Å²) in [4.78, 5) is 4.10. The van der Waals surface area contributed by atoms with E-state index in [-0.39, 0.29) is 11.8 Å². The molecule has 1 rings (SSSR count). The van der Waals surface area contributed by atoms with Crippen LogP contribution >= 0.6 is 11.6 Å². The van der Waals surface area contributed by atoms with Crippen molar-refractivity contribution in [1.82, 2.24) is 10.6 Å². The Bertz CT molecular complexity index is 620. The Balaban J connectivity index is 2.28. The molecular weight excluding hydrogens is 338 g/mol. The first kappa shape index (κ1) is 19.6. The fourth-order valence-corrected chi connectivity index (χ4v) is 2.75. The molecule has 0 bridgehead atoms. The Labute approximate surface area is 143 Å². The normalized spacial score (nSPS) is 13.5. The average Bonchev–Trinajstić information content (AvgIpc) is 2.47. The second-order valence-corrected chi connectivity index (χ2v) is 7.96. The van der Waals surface area contributed by atoms with Gasteiger partial charge in [-0.2, -0.15) is 0 Å². The number of rotatable bonds is 8. The zero-order chi connectivity index (χ0) is 17.3. The zero-order valence-corrected chi connectivity index (χ0v) is 15.2. The Morgan fingerprint density at radius 2 is 2.17 bits per heavy atom. The highest BCUT2D eigenvalue weighted by atomic mass is 35.5. The first-order valence-electron chi connectivity index (χ1n) is 7.33. The van der Waals surface area contributed by atoms with Crippen molar-refractivity contribution in [2.75, 3.05) is 32.2 Å². The van der Waals surface area contributed by atoms with Gasteiger partial charge in [-0.25, -0.2) is 8.42 Å². The van der Waals surface area contributed by atoms with Crippen molar-refractivity contribution in [3.63, 3.8) is 0 Å². The highest BCUT2D eigenvalue weighted by molar-refractivity contribution is 7.90. The summed E-state index contributed by atoms with van der Waals surface area (Å²) in [5, 5.41) is 6.89. The van der Waals surface area contributed by atoms with E-state index in [0.29, 0.717) is 36.3 Å². The fourth-order valence-electron chi connectivity index (χ4n) is 1.79. The number of hydrogen-bond donors (Lipinski definition) is 2. The molecule has 0 radical (unpaired) electrons. The van der Waals surface area contributed by atoms with Crippen molar-refractivity contribution in [2.45, 2.75) is 19.4 Å². The molecule has 0 amide bonds. The van der Waals surface area contributed by atoms with Crippen molar-refractivity contribution in [2.24, 2.45) is 4.99 Å². The molecule has 2 N–H and O–H groups in total. The summed E-state index contributed by atoms with van der Waals surface area (Å²) in [6.07, 6.45) is 1.76. The van der Waals surface area contributed by atoms with E-state index >= 15 is 0 Å². The smallest absolute Gasteiger partial charge is 0.191 e. The molecule has 1 aromatic rings. The number of hydrogen-bond acceptors (Lipinski definition) is 4. The molecule has 0 fully saturated rings. The maximum Gasteiger partial charge on any atom is 0.191 e. The predicted molar refractivity (Wildman–Crippen MR) is 95.2 cm³/mol. The van der Waals surface area contributed by atoms with Crippen LogP contribution in [0.4, 0.5) is 0 Å². The summed E-state index contributed by atoms with van der Waals surface area (Å²) >= 11 is 5.88. The molecule has 0 saturated carbocycles. The van der Waals surface area contributed by atoms with Crippen molar-refractivity contribution >= 4 is 27.4 Å². The number of nitrogens with zero attached hydrogens (tertiary/aromatic N) is 1. The summed E-state index contributed by atoms with van der Waals surface area (Å²) in [7, 11) is -1.28. The number of benzene rings is 1. The molecule has 0 saturated heterocycles. The van der Waals surface area contributed by atoms with Crippen LogP contribution in [0.3, 0.4) is 0 Å². The van der Waals surface area contributed by atoms with Gasteiger partial charge in [-0.1, -0.05) is 17.7 Å². The molecule has 0 aliphatic heterocycles. The van der Waals surface area contributed by atoms with Gasteiger partial charge in [-0.15, -0.1) is 0 Å². The van der Waals surface area contributed by atoms with Gasteiger partial charge in [0, 0.05) is 24.4 Å². The molecule has 0 aliphatic carbocycles. The van der Waals surface area contributed by atoms with Gasteiger partial charge in [0.15, 0.2) is 5.96 Å². The summed E-state index contributed by atoms with van der Waals surface area (Å²) < 4.78 is 27.9. The van der Waals surface area contributed by atoms with E-state index < -0.39 is 9.84 Å². The largest absolute Gasteiger partial charge is 0.492 e.